The summed E-state index contributed by atoms with van der Waals surface area (Å²) in [6.07, 6.45) is 28.2. The topological polar surface area (TPSA) is 29.3 Å². The van der Waals surface area contributed by atoms with Gasteiger partial charge in [-0.3, -0.25) is 4.90 Å². The van der Waals surface area contributed by atoms with Gasteiger partial charge >= 0.3 is 0 Å². The molecule has 27 heavy (non-hydrogen) atoms. The predicted octanol–water partition coefficient (Wildman–Crippen LogP) is 8.04. The Kier molecular flexibility index (Phi) is 22.1. The third-order valence-corrected chi connectivity index (χ3v) is 6.03. The first kappa shape index (κ1) is 26.9. The fourth-order valence-electron chi connectivity index (χ4n) is 3.90. The van der Waals surface area contributed by atoms with Crippen molar-refractivity contribution in [1.29, 1.82) is 0 Å². The van der Waals surface area contributed by atoms with E-state index in [1.807, 2.05) is 0 Å². The maximum absolute atomic E-state index is 6.33. The summed E-state index contributed by atoms with van der Waals surface area (Å²) in [6, 6.07) is 0. The lowest BCUT2D eigenvalue weighted by Gasteiger charge is -2.24. The van der Waals surface area contributed by atoms with Gasteiger partial charge in [0.25, 0.3) is 0 Å². The van der Waals surface area contributed by atoms with E-state index in [4.69, 9.17) is 5.73 Å². The minimum atomic E-state index is 0.272. The van der Waals surface area contributed by atoms with E-state index in [1.54, 1.807) is 0 Å². The highest BCUT2D eigenvalue weighted by molar-refractivity contribution is 4.62. The predicted molar refractivity (Wildman–Crippen MR) is 124 cm³/mol. The van der Waals surface area contributed by atoms with Crippen molar-refractivity contribution >= 4 is 0 Å². The Hall–Kier alpha value is -0.0800. The average Bonchev–Trinajstić information content (AvgIpc) is 2.67. The van der Waals surface area contributed by atoms with E-state index in [0.29, 0.717) is 0 Å². The second-order valence-electron chi connectivity index (χ2n) is 8.85. The largest absolute Gasteiger partial charge is 0.316 e. The monoisotopic (exact) mass is 382 g/mol. The van der Waals surface area contributed by atoms with Gasteiger partial charge in [-0.2, -0.15) is 0 Å². The van der Waals surface area contributed by atoms with Gasteiger partial charge in [-0.1, -0.05) is 129 Å². The fourth-order valence-corrected chi connectivity index (χ4v) is 3.90. The second-order valence-corrected chi connectivity index (χ2v) is 8.85. The van der Waals surface area contributed by atoms with Gasteiger partial charge in [-0.05, 0) is 26.4 Å². The molecule has 0 saturated carbocycles. The Morgan fingerprint density at radius 3 is 1.26 bits per heavy atom. The Bertz CT molecular complexity index is 267. The lowest BCUT2D eigenvalue weighted by Crippen LogP contribution is -2.39. The van der Waals surface area contributed by atoms with Crippen molar-refractivity contribution in [3.05, 3.63) is 0 Å². The summed E-state index contributed by atoms with van der Waals surface area (Å²) in [7, 11) is 2.21. The first-order valence-corrected chi connectivity index (χ1v) is 12.7. The van der Waals surface area contributed by atoms with E-state index in [0.717, 1.165) is 0 Å². The molecule has 0 radical (unpaired) electrons. The van der Waals surface area contributed by atoms with Crippen LogP contribution in [0.25, 0.3) is 0 Å². The normalized spacial score (nSPS) is 12.8. The number of unbranched alkanes of at least 4 members (excludes halogenated alkanes) is 17. The van der Waals surface area contributed by atoms with E-state index in [-0.39, 0.29) is 6.17 Å². The van der Waals surface area contributed by atoms with Crippen LogP contribution in [-0.2, 0) is 0 Å². The minimum absolute atomic E-state index is 0.272. The van der Waals surface area contributed by atoms with Gasteiger partial charge in [-0.15, -0.1) is 0 Å². The maximum Gasteiger partial charge on any atom is 0.0569 e. The van der Waals surface area contributed by atoms with Crippen molar-refractivity contribution in [2.45, 2.75) is 148 Å². The van der Waals surface area contributed by atoms with Crippen LogP contribution in [0.1, 0.15) is 142 Å². The van der Waals surface area contributed by atoms with Gasteiger partial charge in [0.2, 0.25) is 0 Å². The molecule has 0 bridgehead atoms. The SMILES string of the molecule is CCCCCCCCCCCCCCCN(C)C(N)CCCCCCCC. The van der Waals surface area contributed by atoms with E-state index in [2.05, 4.69) is 25.8 Å². The summed E-state index contributed by atoms with van der Waals surface area (Å²) in [5.41, 5.74) is 6.33. The lowest BCUT2D eigenvalue weighted by molar-refractivity contribution is 0.225. The van der Waals surface area contributed by atoms with Crippen LogP contribution in [0.5, 0.6) is 0 Å². The second kappa shape index (κ2) is 22.2. The van der Waals surface area contributed by atoms with Gasteiger partial charge in [0.15, 0.2) is 0 Å². The molecule has 0 spiro atoms. The zero-order valence-corrected chi connectivity index (χ0v) is 19.5. The molecule has 0 rings (SSSR count). The molecule has 164 valence electrons. The Labute approximate surface area is 173 Å². The molecule has 0 heterocycles. The Balaban J connectivity index is 3.27. The number of hydrogen-bond donors (Lipinski definition) is 1. The van der Waals surface area contributed by atoms with Crippen LogP contribution in [0.2, 0.25) is 0 Å². The maximum atomic E-state index is 6.33. The van der Waals surface area contributed by atoms with E-state index < -0.39 is 0 Å². The molecule has 0 aromatic rings. The molecule has 0 aliphatic rings. The number of nitrogens with zero attached hydrogens (tertiary/aromatic N) is 1. The molecule has 0 aromatic heterocycles. The van der Waals surface area contributed by atoms with Crippen molar-refractivity contribution in [1.82, 2.24) is 4.90 Å². The standard InChI is InChI=1S/C25H54N2/c1-4-6-8-10-12-13-14-15-16-17-18-20-22-24-27(3)25(26)23-21-19-11-9-7-5-2/h25H,4-24,26H2,1-3H3. The fraction of sp³-hybridized carbons (Fsp3) is 1.00. The molecule has 2 N–H and O–H groups in total. The van der Waals surface area contributed by atoms with Crippen LogP contribution in [0.4, 0.5) is 0 Å². The number of nitrogens with two attached hydrogens (primary N) is 1. The summed E-state index contributed by atoms with van der Waals surface area (Å²) in [4.78, 5) is 2.38. The summed E-state index contributed by atoms with van der Waals surface area (Å²) in [5, 5.41) is 0. The summed E-state index contributed by atoms with van der Waals surface area (Å²) < 4.78 is 0. The number of hydrogen-bond acceptors (Lipinski definition) is 2. The molecular formula is C25H54N2. The Morgan fingerprint density at radius 2 is 0.852 bits per heavy atom. The molecule has 1 unspecified atom stereocenters. The molecule has 0 aromatic carbocycles. The van der Waals surface area contributed by atoms with Gasteiger partial charge < -0.3 is 5.73 Å². The first-order valence-electron chi connectivity index (χ1n) is 12.7. The zero-order valence-electron chi connectivity index (χ0n) is 19.5. The lowest BCUT2D eigenvalue weighted by atomic mass is 10.0. The Morgan fingerprint density at radius 1 is 0.519 bits per heavy atom. The quantitative estimate of drug-likeness (QED) is 0.151. The van der Waals surface area contributed by atoms with Crippen LogP contribution in [-0.4, -0.2) is 24.7 Å². The summed E-state index contributed by atoms with van der Waals surface area (Å²) >= 11 is 0. The smallest absolute Gasteiger partial charge is 0.0569 e. The molecule has 0 aliphatic carbocycles. The molecule has 0 amide bonds. The highest BCUT2D eigenvalue weighted by Gasteiger charge is 2.08. The van der Waals surface area contributed by atoms with Crippen molar-refractivity contribution in [2.24, 2.45) is 5.73 Å². The number of rotatable bonds is 22. The molecule has 2 heteroatoms. The van der Waals surface area contributed by atoms with E-state index >= 15 is 0 Å². The first-order chi connectivity index (χ1) is 13.2. The van der Waals surface area contributed by atoms with Gasteiger partial charge in [-0.25, -0.2) is 0 Å². The van der Waals surface area contributed by atoms with Gasteiger partial charge in [0.1, 0.15) is 0 Å². The van der Waals surface area contributed by atoms with Gasteiger partial charge in [0, 0.05) is 0 Å². The third kappa shape index (κ3) is 20.5. The van der Waals surface area contributed by atoms with Crippen LogP contribution in [0.15, 0.2) is 0 Å². The van der Waals surface area contributed by atoms with Crippen molar-refractivity contribution in [3.8, 4) is 0 Å². The minimum Gasteiger partial charge on any atom is -0.316 e. The highest BCUT2D eigenvalue weighted by Crippen LogP contribution is 2.13. The van der Waals surface area contributed by atoms with Crippen LogP contribution >= 0.6 is 0 Å². The van der Waals surface area contributed by atoms with Crippen LogP contribution < -0.4 is 5.73 Å². The summed E-state index contributed by atoms with van der Waals surface area (Å²) in [5.74, 6) is 0. The summed E-state index contributed by atoms with van der Waals surface area (Å²) in [6.45, 7) is 5.75. The average molecular weight is 383 g/mol. The molecular weight excluding hydrogens is 328 g/mol. The molecule has 1 atom stereocenters. The van der Waals surface area contributed by atoms with E-state index in [1.165, 1.54) is 135 Å². The highest BCUT2D eigenvalue weighted by atomic mass is 15.2. The van der Waals surface area contributed by atoms with Crippen molar-refractivity contribution in [3.63, 3.8) is 0 Å². The molecule has 0 saturated heterocycles. The van der Waals surface area contributed by atoms with Gasteiger partial charge in [0.05, 0.1) is 6.17 Å². The zero-order chi connectivity index (χ0) is 20.0. The van der Waals surface area contributed by atoms with E-state index in [9.17, 15) is 0 Å². The van der Waals surface area contributed by atoms with Crippen molar-refractivity contribution < 1.29 is 0 Å². The molecule has 0 fully saturated rings. The molecule has 2 nitrogen and oxygen atoms in total. The third-order valence-electron chi connectivity index (χ3n) is 6.03. The molecule has 0 aliphatic heterocycles. The van der Waals surface area contributed by atoms with Crippen LogP contribution in [0, 0.1) is 0 Å². The van der Waals surface area contributed by atoms with Crippen molar-refractivity contribution in [2.75, 3.05) is 13.6 Å². The van der Waals surface area contributed by atoms with Crippen LogP contribution in [0.3, 0.4) is 0 Å².